The monoisotopic (exact) mass is 242 g/mol. The highest BCUT2D eigenvalue weighted by molar-refractivity contribution is 5.49. The number of likely N-dealkylation sites (N-methyl/N-ethyl adjacent to an activating group) is 1. The molecule has 0 saturated carbocycles. The van der Waals surface area contributed by atoms with Gasteiger partial charge in [0.1, 0.15) is 11.9 Å². The molecule has 0 spiro atoms. The standard InChI is InChI=1S/C11H15FN2O3/c1-7-4-11(17-8(2)6-13-3)10(14(15)16)5-9(7)12/h4-5,8,13H,6H2,1-3H3. The molecule has 1 N–H and O–H groups in total. The molecule has 0 bridgehead atoms. The minimum atomic E-state index is -0.649. The summed E-state index contributed by atoms with van der Waals surface area (Å²) in [6.45, 7) is 3.86. The van der Waals surface area contributed by atoms with Gasteiger partial charge < -0.3 is 10.1 Å². The van der Waals surface area contributed by atoms with Gasteiger partial charge in [0, 0.05) is 6.54 Å². The highest BCUT2D eigenvalue weighted by Gasteiger charge is 2.19. The molecule has 0 aromatic heterocycles. The third-order valence-electron chi connectivity index (χ3n) is 2.26. The van der Waals surface area contributed by atoms with Gasteiger partial charge in [0.25, 0.3) is 0 Å². The normalized spacial score (nSPS) is 12.2. The van der Waals surface area contributed by atoms with E-state index in [0.717, 1.165) is 6.07 Å². The van der Waals surface area contributed by atoms with E-state index in [4.69, 9.17) is 4.74 Å². The molecular formula is C11H15FN2O3. The van der Waals surface area contributed by atoms with Crippen LogP contribution in [0.25, 0.3) is 0 Å². The molecule has 1 aromatic carbocycles. The van der Waals surface area contributed by atoms with Crippen molar-refractivity contribution in [1.29, 1.82) is 0 Å². The molecule has 0 saturated heterocycles. The van der Waals surface area contributed by atoms with Crippen molar-refractivity contribution in [2.24, 2.45) is 0 Å². The number of nitrogens with zero attached hydrogens (tertiary/aromatic N) is 1. The first-order valence-electron chi connectivity index (χ1n) is 5.21. The summed E-state index contributed by atoms with van der Waals surface area (Å²) in [5, 5.41) is 13.7. The second-order valence-electron chi connectivity index (χ2n) is 3.81. The van der Waals surface area contributed by atoms with Crippen LogP contribution in [0.2, 0.25) is 0 Å². The lowest BCUT2D eigenvalue weighted by molar-refractivity contribution is -0.386. The van der Waals surface area contributed by atoms with Gasteiger partial charge in [-0.15, -0.1) is 0 Å². The maximum absolute atomic E-state index is 13.2. The third kappa shape index (κ3) is 3.39. The summed E-state index contributed by atoms with van der Waals surface area (Å²) in [7, 11) is 1.75. The number of nitro groups is 1. The van der Waals surface area contributed by atoms with Gasteiger partial charge in [0.15, 0.2) is 5.75 Å². The molecular weight excluding hydrogens is 227 g/mol. The lowest BCUT2D eigenvalue weighted by atomic mass is 10.2. The maximum atomic E-state index is 13.2. The predicted octanol–water partition coefficient (Wildman–Crippen LogP) is 2.03. The lowest BCUT2D eigenvalue weighted by Crippen LogP contribution is -2.26. The Labute approximate surface area is 98.7 Å². The molecule has 0 aliphatic carbocycles. The Bertz CT molecular complexity index is 423. The van der Waals surface area contributed by atoms with E-state index >= 15 is 0 Å². The van der Waals surface area contributed by atoms with Crippen LogP contribution in [0.15, 0.2) is 12.1 Å². The summed E-state index contributed by atoms with van der Waals surface area (Å²) < 4.78 is 18.6. The van der Waals surface area contributed by atoms with Gasteiger partial charge in [-0.25, -0.2) is 4.39 Å². The fourth-order valence-corrected chi connectivity index (χ4v) is 1.43. The Morgan fingerprint density at radius 3 is 2.76 bits per heavy atom. The maximum Gasteiger partial charge on any atom is 0.313 e. The quantitative estimate of drug-likeness (QED) is 0.633. The number of aryl methyl sites for hydroxylation is 1. The van der Waals surface area contributed by atoms with E-state index in [1.165, 1.54) is 13.0 Å². The van der Waals surface area contributed by atoms with E-state index < -0.39 is 10.7 Å². The minimum Gasteiger partial charge on any atom is -0.482 e. The summed E-state index contributed by atoms with van der Waals surface area (Å²) in [5.41, 5.74) is -0.0293. The van der Waals surface area contributed by atoms with Gasteiger partial charge in [-0.3, -0.25) is 10.1 Å². The van der Waals surface area contributed by atoms with Crippen molar-refractivity contribution in [3.8, 4) is 5.75 Å². The first-order valence-corrected chi connectivity index (χ1v) is 5.21. The van der Waals surface area contributed by atoms with Crippen LogP contribution >= 0.6 is 0 Å². The van der Waals surface area contributed by atoms with Crippen molar-refractivity contribution in [2.75, 3.05) is 13.6 Å². The Morgan fingerprint density at radius 1 is 1.59 bits per heavy atom. The Morgan fingerprint density at radius 2 is 2.24 bits per heavy atom. The molecule has 5 nitrogen and oxygen atoms in total. The van der Waals surface area contributed by atoms with E-state index in [1.54, 1.807) is 14.0 Å². The third-order valence-corrected chi connectivity index (χ3v) is 2.26. The molecule has 0 aliphatic heterocycles. The minimum absolute atomic E-state index is 0.0941. The number of nitro benzene ring substituents is 1. The predicted molar refractivity (Wildman–Crippen MR) is 61.8 cm³/mol. The Hall–Kier alpha value is -1.69. The molecule has 1 rings (SSSR count). The van der Waals surface area contributed by atoms with E-state index in [9.17, 15) is 14.5 Å². The molecule has 0 amide bonds. The molecule has 0 fully saturated rings. The zero-order valence-electron chi connectivity index (χ0n) is 9.99. The van der Waals surface area contributed by atoms with Crippen molar-refractivity contribution in [3.63, 3.8) is 0 Å². The van der Waals surface area contributed by atoms with Gasteiger partial charge in [-0.05, 0) is 32.5 Å². The van der Waals surface area contributed by atoms with Crippen molar-refractivity contribution in [3.05, 3.63) is 33.6 Å². The van der Waals surface area contributed by atoms with Crippen molar-refractivity contribution >= 4 is 5.69 Å². The highest BCUT2D eigenvalue weighted by atomic mass is 19.1. The summed E-state index contributed by atoms with van der Waals surface area (Å²) in [6, 6.07) is 2.23. The largest absolute Gasteiger partial charge is 0.482 e. The number of halogens is 1. The van der Waals surface area contributed by atoms with Gasteiger partial charge in [0.05, 0.1) is 11.0 Å². The second kappa shape index (κ2) is 5.58. The Balaban J connectivity index is 3.04. The summed E-state index contributed by atoms with van der Waals surface area (Å²) in [6.07, 6.45) is -0.233. The number of rotatable bonds is 5. The second-order valence-corrected chi connectivity index (χ2v) is 3.81. The van der Waals surface area contributed by atoms with E-state index in [0.29, 0.717) is 12.1 Å². The topological polar surface area (TPSA) is 64.4 Å². The van der Waals surface area contributed by atoms with Crippen LogP contribution in [-0.4, -0.2) is 24.6 Å². The number of nitrogens with one attached hydrogen (secondary N) is 1. The smallest absolute Gasteiger partial charge is 0.313 e. The van der Waals surface area contributed by atoms with Crippen LogP contribution in [0.4, 0.5) is 10.1 Å². The van der Waals surface area contributed by atoms with Gasteiger partial charge in [-0.2, -0.15) is 0 Å². The zero-order valence-corrected chi connectivity index (χ0v) is 9.99. The van der Waals surface area contributed by atoms with E-state index in [2.05, 4.69) is 5.32 Å². The molecule has 0 heterocycles. The summed E-state index contributed by atoms with van der Waals surface area (Å²) in [4.78, 5) is 10.1. The number of hydrogen-bond donors (Lipinski definition) is 1. The van der Waals surface area contributed by atoms with Crippen LogP contribution in [-0.2, 0) is 0 Å². The highest BCUT2D eigenvalue weighted by Crippen LogP contribution is 2.30. The molecule has 1 aromatic rings. The van der Waals surface area contributed by atoms with Gasteiger partial charge in [-0.1, -0.05) is 0 Å². The van der Waals surface area contributed by atoms with Gasteiger partial charge in [0.2, 0.25) is 0 Å². The summed E-state index contributed by atoms with van der Waals surface area (Å²) in [5.74, 6) is -0.512. The van der Waals surface area contributed by atoms with Crippen LogP contribution < -0.4 is 10.1 Å². The number of ether oxygens (including phenoxy) is 1. The number of hydrogen-bond acceptors (Lipinski definition) is 4. The molecule has 0 radical (unpaired) electrons. The lowest BCUT2D eigenvalue weighted by Gasteiger charge is -2.14. The average molecular weight is 242 g/mol. The molecule has 6 heteroatoms. The molecule has 0 aliphatic rings. The fourth-order valence-electron chi connectivity index (χ4n) is 1.43. The van der Waals surface area contributed by atoms with Crippen molar-refractivity contribution in [2.45, 2.75) is 20.0 Å². The van der Waals surface area contributed by atoms with Crippen LogP contribution in [0.3, 0.4) is 0 Å². The first-order chi connectivity index (χ1) is 7.95. The van der Waals surface area contributed by atoms with Crippen LogP contribution in [0.1, 0.15) is 12.5 Å². The zero-order chi connectivity index (χ0) is 13.0. The molecule has 94 valence electrons. The first kappa shape index (κ1) is 13.4. The fraction of sp³-hybridized carbons (Fsp3) is 0.455. The molecule has 1 atom stereocenters. The molecule has 17 heavy (non-hydrogen) atoms. The van der Waals surface area contributed by atoms with E-state index in [1.807, 2.05) is 0 Å². The Kier molecular flexibility index (Phi) is 4.39. The van der Waals surface area contributed by atoms with Crippen LogP contribution in [0, 0.1) is 22.9 Å². The van der Waals surface area contributed by atoms with Crippen LogP contribution in [0.5, 0.6) is 5.75 Å². The van der Waals surface area contributed by atoms with Crippen molar-refractivity contribution < 1.29 is 14.1 Å². The SMILES string of the molecule is CNCC(C)Oc1cc(C)c(F)cc1[N+](=O)[O-]. The number of benzene rings is 1. The van der Waals surface area contributed by atoms with E-state index in [-0.39, 0.29) is 17.5 Å². The average Bonchev–Trinajstić information content (AvgIpc) is 2.23. The molecule has 1 unspecified atom stereocenters. The summed E-state index contributed by atoms with van der Waals surface area (Å²) >= 11 is 0. The van der Waals surface area contributed by atoms with Crippen molar-refractivity contribution in [1.82, 2.24) is 5.32 Å². The van der Waals surface area contributed by atoms with Gasteiger partial charge >= 0.3 is 5.69 Å².